The second kappa shape index (κ2) is 8.68. The van der Waals surface area contributed by atoms with E-state index >= 15 is 0 Å². The number of rotatable bonds is 4. The molecule has 0 unspecified atom stereocenters. The van der Waals surface area contributed by atoms with Gasteiger partial charge in [0.25, 0.3) is 0 Å². The Hall–Kier alpha value is -3.17. The molecule has 0 bridgehead atoms. The summed E-state index contributed by atoms with van der Waals surface area (Å²) in [4.78, 5) is 33.8. The molecule has 0 aliphatic heterocycles. The van der Waals surface area contributed by atoms with Gasteiger partial charge in [0, 0.05) is 30.9 Å². The fraction of sp³-hybridized carbons (Fsp3) is 0.550. The van der Waals surface area contributed by atoms with Gasteiger partial charge in [0.1, 0.15) is 5.60 Å². The number of carbonyl (C=O) groups is 2. The number of nitrogens with one attached hydrogen (secondary N) is 1. The first-order valence-electron chi connectivity index (χ1n) is 9.95. The number of carbonyl (C=O) groups excluding carboxylic acids is 1. The van der Waals surface area contributed by atoms with E-state index in [2.05, 4.69) is 20.4 Å². The minimum Gasteiger partial charge on any atom is -0.465 e. The van der Waals surface area contributed by atoms with Crippen LogP contribution >= 0.6 is 0 Å². The molecule has 1 aliphatic rings. The first-order valence-corrected chi connectivity index (χ1v) is 9.95. The number of ether oxygens (including phenoxy) is 1. The third kappa shape index (κ3) is 5.46. The summed E-state index contributed by atoms with van der Waals surface area (Å²) in [6, 6.07) is -0.261. The standard InChI is InChI=1S/C20H28N6O4/c1-20(2,3)30-18(27)24-14-5-7-15(8-6-14)26(19(28)29)17-11-21-16(10-22-17)13-9-23-25(4)12-13/h9-12,14-15H,5-8H2,1-4H3,(H,24,27)(H,28,29)/t14-,15-. The number of amides is 2. The van der Waals surface area contributed by atoms with Crippen LogP contribution in [0.5, 0.6) is 0 Å². The van der Waals surface area contributed by atoms with Crippen LogP contribution in [0.25, 0.3) is 11.3 Å². The summed E-state index contributed by atoms with van der Waals surface area (Å²) in [5, 5.41) is 16.7. The average Bonchev–Trinajstić information content (AvgIpc) is 3.08. The highest BCUT2D eigenvalue weighted by molar-refractivity contribution is 5.85. The summed E-state index contributed by atoms with van der Waals surface area (Å²) < 4.78 is 6.96. The number of anilines is 1. The smallest absolute Gasteiger partial charge is 0.413 e. The van der Waals surface area contributed by atoms with Gasteiger partial charge in [0.2, 0.25) is 0 Å². The van der Waals surface area contributed by atoms with Crippen LogP contribution in [0.2, 0.25) is 0 Å². The molecule has 0 aromatic carbocycles. The Labute approximate surface area is 175 Å². The maximum atomic E-state index is 12.0. The summed E-state index contributed by atoms with van der Waals surface area (Å²) >= 11 is 0. The average molecular weight is 416 g/mol. The Morgan fingerprint density at radius 3 is 2.37 bits per heavy atom. The molecule has 0 saturated heterocycles. The van der Waals surface area contributed by atoms with Crippen LogP contribution in [0.4, 0.5) is 15.4 Å². The van der Waals surface area contributed by atoms with Crippen molar-refractivity contribution in [3.63, 3.8) is 0 Å². The van der Waals surface area contributed by atoms with Gasteiger partial charge in [-0.1, -0.05) is 0 Å². The molecule has 2 N–H and O–H groups in total. The normalized spacial score (nSPS) is 19.2. The molecular formula is C20H28N6O4. The summed E-state index contributed by atoms with van der Waals surface area (Å²) in [6.45, 7) is 5.44. The number of aromatic nitrogens is 4. The molecule has 0 radical (unpaired) electrons. The Morgan fingerprint density at radius 2 is 1.87 bits per heavy atom. The number of carboxylic acid groups (broad SMARTS) is 1. The lowest BCUT2D eigenvalue weighted by molar-refractivity contribution is 0.0490. The monoisotopic (exact) mass is 416 g/mol. The molecule has 3 rings (SSSR count). The third-order valence-electron chi connectivity index (χ3n) is 4.87. The van der Waals surface area contributed by atoms with E-state index in [1.165, 1.54) is 11.1 Å². The Morgan fingerprint density at radius 1 is 1.17 bits per heavy atom. The highest BCUT2D eigenvalue weighted by atomic mass is 16.6. The molecule has 2 amide bonds. The summed E-state index contributed by atoms with van der Waals surface area (Å²) in [5.74, 6) is 0.290. The molecular weight excluding hydrogens is 388 g/mol. The van der Waals surface area contributed by atoms with Crippen molar-refractivity contribution in [1.29, 1.82) is 0 Å². The number of alkyl carbamates (subject to hydrolysis) is 1. The summed E-state index contributed by atoms with van der Waals surface area (Å²) in [5.41, 5.74) is 0.886. The maximum Gasteiger partial charge on any atom is 0.413 e. The zero-order chi connectivity index (χ0) is 21.9. The van der Waals surface area contributed by atoms with Gasteiger partial charge in [-0.25, -0.2) is 14.6 Å². The lowest BCUT2D eigenvalue weighted by Crippen LogP contribution is -2.47. The second-order valence-corrected chi connectivity index (χ2v) is 8.47. The van der Waals surface area contributed by atoms with Crippen molar-refractivity contribution in [1.82, 2.24) is 25.1 Å². The van der Waals surface area contributed by atoms with E-state index in [-0.39, 0.29) is 12.1 Å². The fourth-order valence-corrected chi connectivity index (χ4v) is 3.54. The van der Waals surface area contributed by atoms with Crippen molar-refractivity contribution in [3.8, 4) is 11.3 Å². The Bertz CT molecular complexity index is 881. The predicted molar refractivity (Wildman–Crippen MR) is 110 cm³/mol. The molecule has 10 heteroatoms. The molecule has 0 spiro atoms. The van der Waals surface area contributed by atoms with Crippen LogP contribution in [0, 0.1) is 0 Å². The topological polar surface area (TPSA) is 122 Å². The van der Waals surface area contributed by atoms with E-state index in [0.717, 1.165) is 5.56 Å². The van der Waals surface area contributed by atoms with E-state index < -0.39 is 17.8 Å². The number of hydrogen-bond acceptors (Lipinski definition) is 6. The zero-order valence-corrected chi connectivity index (χ0v) is 17.7. The van der Waals surface area contributed by atoms with Gasteiger partial charge in [0.05, 0.1) is 24.3 Å². The largest absolute Gasteiger partial charge is 0.465 e. The molecule has 1 fully saturated rings. The molecule has 30 heavy (non-hydrogen) atoms. The van der Waals surface area contributed by atoms with Gasteiger partial charge in [0.15, 0.2) is 5.82 Å². The summed E-state index contributed by atoms with van der Waals surface area (Å²) in [6.07, 6.45) is 7.55. The highest BCUT2D eigenvalue weighted by Crippen LogP contribution is 2.27. The van der Waals surface area contributed by atoms with Gasteiger partial charge in [-0.15, -0.1) is 0 Å². The SMILES string of the molecule is Cn1cc(-c2cnc(N(C(=O)O)[C@H]3CC[C@H](NC(=O)OC(C)(C)C)CC3)cn2)cn1. The minimum atomic E-state index is -1.07. The van der Waals surface area contributed by atoms with Gasteiger partial charge in [-0.05, 0) is 46.5 Å². The lowest BCUT2D eigenvalue weighted by Gasteiger charge is -2.35. The molecule has 1 saturated carbocycles. The van der Waals surface area contributed by atoms with Crippen LogP contribution in [0.3, 0.4) is 0 Å². The van der Waals surface area contributed by atoms with Crippen LogP contribution in [-0.2, 0) is 11.8 Å². The van der Waals surface area contributed by atoms with Gasteiger partial charge in [-0.2, -0.15) is 5.10 Å². The molecule has 2 heterocycles. The lowest BCUT2D eigenvalue weighted by atomic mass is 9.90. The van der Waals surface area contributed by atoms with Crippen molar-refractivity contribution < 1.29 is 19.4 Å². The minimum absolute atomic E-state index is 0.0363. The molecule has 10 nitrogen and oxygen atoms in total. The molecule has 2 aromatic rings. The van der Waals surface area contributed by atoms with E-state index in [9.17, 15) is 14.7 Å². The van der Waals surface area contributed by atoms with Crippen molar-refractivity contribution in [2.45, 2.75) is 64.1 Å². The molecule has 0 atom stereocenters. The van der Waals surface area contributed by atoms with Crippen molar-refractivity contribution in [2.75, 3.05) is 4.90 Å². The Balaban J connectivity index is 1.62. The van der Waals surface area contributed by atoms with Gasteiger partial charge in [-0.3, -0.25) is 14.6 Å². The van der Waals surface area contributed by atoms with Crippen LogP contribution < -0.4 is 10.2 Å². The fourth-order valence-electron chi connectivity index (χ4n) is 3.54. The van der Waals surface area contributed by atoms with Crippen LogP contribution in [0.15, 0.2) is 24.8 Å². The van der Waals surface area contributed by atoms with E-state index in [1.807, 2.05) is 34.0 Å². The Kier molecular flexibility index (Phi) is 6.23. The molecule has 1 aliphatic carbocycles. The number of nitrogens with zero attached hydrogens (tertiary/aromatic N) is 5. The highest BCUT2D eigenvalue weighted by Gasteiger charge is 2.32. The zero-order valence-electron chi connectivity index (χ0n) is 17.7. The predicted octanol–water partition coefficient (Wildman–Crippen LogP) is 3.20. The number of hydrogen-bond donors (Lipinski definition) is 2. The molecule has 2 aromatic heterocycles. The van der Waals surface area contributed by atoms with Crippen LogP contribution in [-0.4, -0.2) is 54.7 Å². The van der Waals surface area contributed by atoms with Crippen molar-refractivity contribution >= 4 is 18.0 Å². The van der Waals surface area contributed by atoms with E-state index in [4.69, 9.17) is 4.74 Å². The van der Waals surface area contributed by atoms with Gasteiger partial charge >= 0.3 is 12.2 Å². The first kappa shape index (κ1) is 21.5. The van der Waals surface area contributed by atoms with Crippen LogP contribution in [0.1, 0.15) is 46.5 Å². The summed E-state index contributed by atoms with van der Waals surface area (Å²) in [7, 11) is 1.81. The number of aryl methyl sites for hydroxylation is 1. The third-order valence-corrected chi connectivity index (χ3v) is 4.87. The first-order chi connectivity index (χ1) is 14.1. The van der Waals surface area contributed by atoms with E-state index in [0.29, 0.717) is 37.2 Å². The quantitative estimate of drug-likeness (QED) is 0.784. The van der Waals surface area contributed by atoms with Gasteiger partial charge < -0.3 is 15.2 Å². The van der Waals surface area contributed by atoms with E-state index in [1.54, 1.807) is 17.1 Å². The molecule has 162 valence electrons. The maximum absolute atomic E-state index is 12.0. The van der Waals surface area contributed by atoms with Crippen molar-refractivity contribution in [2.24, 2.45) is 7.05 Å². The second-order valence-electron chi connectivity index (χ2n) is 8.47. The van der Waals surface area contributed by atoms with Crippen molar-refractivity contribution in [3.05, 3.63) is 24.8 Å².